The van der Waals surface area contributed by atoms with E-state index in [2.05, 4.69) is 13.8 Å². The van der Waals surface area contributed by atoms with Crippen molar-refractivity contribution in [3.05, 3.63) is 0 Å². The second-order valence-corrected chi connectivity index (χ2v) is 6.54. The van der Waals surface area contributed by atoms with Gasteiger partial charge in [-0.2, -0.15) is 0 Å². The van der Waals surface area contributed by atoms with Gasteiger partial charge in [-0.05, 0) is 25.2 Å². The smallest absolute Gasteiger partial charge is 0.232 e. The minimum absolute atomic E-state index is 0.163. The molecule has 4 heteroatoms. The quantitative estimate of drug-likeness (QED) is 0.849. The lowest BCUT2D eigenvalue weighted by molar-refractivity contribution is -0.144. The molecule has 4 nitrogen and oxygen atoms in total. The molecule has 2 atom stereocenters. The van der Waals surface area contributed by atoms with E-state index in [4.69, 9.17) is 10.5 Å². The molecule has 2 N–H and O–H groups in total. The Labute approximate surface area is 116 Å². The van der Waals surface area contributed by atoms with E-state index in [1.807, 2.05) is 11.8 Å². The van der Waals surface area contributed by atoms with Crippen LogP contribution in [0.3, 0.4) is 0 Å². The highest BCUT2D eigenvalue weighted by molar-refractivity contribution is 5.83. The van der Waals surface area contributed by atoms with Gasteiger partial charge in [0.15, 0.2) is 0 Å². The van der Waals surface area contributed by atoms with E-state index in [0.29, 0.717) is 18.6 Å². The molecule has 2 aliphatic rings. The highest BCUT2D eigenvalue weighted by Crippen LogP contribution is 2.39. The average molecular weight is 268 g/mol. The summed E-state index contributed by atoms with van der Waals surface area (Å²) in [5.41, 5.74) is 5.99. The molecule has 0 aromatic rings. The number of nitrogens with zero attached hydrogens (tertiary/aromatic N) is 1. The molecule has 19 heavy (non-hydrogen) atoms. The number of carbonyl (C=O) groups excluding carboxylic acids is 1. The van der Waals surface area contributed by atoms with Gasteiger partial charge in [-0.25, -0.2) is 0 Å². The number of hydrogen-bond acceptors (Lipinski definition) is 3. The van der Waals surface area contributed by atoms with Crippen molar-refractivity contribution in [3.8, 4) is 0 Å². The molecule has 2 rings (SSSR count). The van der Waals surface area contributed by atoms with E-state index in [1.165, 1.54) is 12.8 Å². The van der Waals surface area contributed by atoms with Crippen molar-refractivity contribution in [3.63, 3.8) is 0 Å². The Morgan fingerprint density at radius 3 is 2.32 bits per heavy atom. The minimum atomic E-state index is -0.515. The molecule has 0 aromatic carbocycles. The Bertz CT molecular complexity index is 331. The highest BCUT2D eigenvalue weighted by Gasteiger charge is 2.47. The summed E-state index contributed by atoms with van der Waals surface area (Å²) in [5, 5.41) is 0. The predicted octanol–water partition coefficient (Wildman–Crippen LogP) is 1.78. The molecule has 2 heterocycles. The van der Waals surface area contributed by atoms with Crippen molar-refractivity contribution in [2.45, 2.75) is 52.5 Å². The SMILES string of the molecule is CCC1(CC)CCN(C(=O)C2(C)COCC2N)CC1. The van der Waals surface area contributed by atoms with Gasteiger partial charge in [-0.3, -0.25) is 4.79 Å². The lowest BCUT2D eigenvalue weighted by Crippen LogP contribution is -2.54. The van der Waals surface area contributed by atoms with Crippen LogP contribution in [0.1, 0.15) is 46.5 Å². The summed E-state index contributed by atoms with van der Waals surface area (Å²) in [6.45, 7) is 9.21. The number of ether oxygens (including phenoxy) is 1. The van der Waals surface area contributed by atoms with Gasteiger partial charge >= 0.3 is 0 Å². The summed E-state index contributed by atoms with van der Waals surface area (Å²) >= 11 is 0. The molecule has 2 fully saturated rings. The Kier molecular flexibility index (Phi) is 4.21. The Morgan fingerprint density at radius 2 is 1.89 bits per heavy atom. The fourth-order valence-corrected chi connectivity index (χ4v) is 3.41. The molecule has 0 bridgehead atoms. The maximum absolute atomic E-state index is 12.7. The lowest BCUT2D eigenvalue weighted by atomic mass is 9.73. The van der Waals surface area contributed by atoms with Gasteiger partial charge in [-0.15, -0.1) is 0 Å². The summed E-state index contributed by atoms with van der Waals surface area (Å²) in [7, 11) is 0. The Balaban J connectivity index is 2.00. The van der Waals surface area contributed by atoms with Crippen LogP contribution in [0, 0.1) is 10.8 Å². The molecule has 0 radical (unpaired) electrons. The van der Waals surface area contributed by atoms with Crippen LogP contribution in [0.15, 0.2) is 0 Å². The number of amides is 1. The molecule has 0 spiro atoms. The second kappa shape index (κ2) is 5.41. The summed E-state index contributed by atoms with van der Waals surface area (Å²) in [6.07, 6.45) is 4.67. The third kappa shape index (κ3) is 2.52. The molecule has 0 saturated carbocycles. The molecular formula is C15H28N2O2. The number of likely N-dealkylation sites (tertiary alicyclic amines) is 1. The van der Waals surface area contributed by atoms with Crippen LogP contribution in [0.25, 0.3) is 0 Å². The maximum atomic E-state index is 12.7. The van der Waals surface area contributed by atoms with Crippen LogP contribution >= 0.6 is 0 Å². The summed E-state index contributed by atoms with van der Waals surface area (Å²) in [5.74, 6) is 0.193. The van der Waals surface area contributed by atoms with Crippen LogP contribution in [0.2, 0.25) is 0 Å². The molecule has 0 aliphatic carbocycles. The average Bonchev–Trinajstić information content (AvgIpc) is 2.79. The van der Waals surface area contributed by atoms with Crippen LogP contribution < -0.4 is 5.73 Å². The van der Waals surface area contributed by atoms with Crippen molar-refractivity contribution < 1.29 is 9.53 Å². The molecular weight excluding hydrogens is 240 g/mol. The van der Waals surface area contributed by atoms with Gasteiger partial charge in [0.05, 0.1) is 18.6 Å². The van der Waals surface area contributed by atoms with Gasteiger partial charge in [0, 0.05) is 19.1 Å². The van der Waals surface area contributed by atoms with E-state index in [0.717, 1.165) is 25.9 Å². The second-order valence-electron chi connectivity index (χ2n) is 6.54. The Hall–Kier alpha value is -0.610. The van der Waals surface area contributed by atoms with Crippen LogP contribution in [-0.4, -0.2) is 43.2 Å². The Morgan fingerprint density at radius 1 is 1.32 bits per heavy atom. The third-order valence-electron chi connectivity index (χ3n) is 5.62. The number of nitrogens with two attached hydrogens (primary N) is 1. The molecule has 2 aliphatic heterocycles. The van der Waals surface area contributed by atoms with Crippen molar-refractivity contribution in [2.24, 2.45) is 16.6 Å². The molecule has 110 valence electrons. The fraction of sp³-hybridized carbons (Fsp3) is 0.933. The van der Waals surface area contributed by atoms with Crippen molar-refractivity contribution >= 4 is 5.91 Å². The zero-order chi connectivity index (χ0) is 14.1. The molecule has 1 amide bonds. The van der Waals surface area contributed by atoms with Crippen LogP contribution in [0.4, 0.5) is 0 Å². The van der Waals surface area contributed by atoms with Crippen LogP contribution in [0.5, 0.6) is 0 Å². The number of carbonyl (C=O) groups is 1. The zero-order valence-corrected chi connectivity index (χ0v) is 12.6. The van der Waals surface area contributed by atoms with Gasteiger partial charge in [0.2, 0.25) is 5.91 Å². The monoisotopic (exact) mass is 268 g/mol. The van der Waals surface area contributed by atoms with E-state index in [9.17, 15) is 4.79 Å². The topological polar surface area (TPSA) is 55.6 Å². The molecule has 0 aromatic heterocycles. The molecule has 2 unspecified atom stereocenters. The van der Waals surface area contributed by atoms with E-state index < -0.39 is 5.41 Å². The first kappa shape index (κ1) is 14.8. The lowest BCUT2D eigenvalue weighted by Gasteiger charge is -2.43. The van der Waals surface area contributed by atoms with Gasteiger partial charge in [-0.1, -0.05) is 26.7 Å². The van der Waals surface area contributed by atoms with E-state index in [-0.39, 0.29) is 11.9 Å². The number of hydrogen-bond donors (Lipinski definition) is 1. The van der Waals surface area contributed by atoms with E-state index in [1.54, 1.807) is 0 Å². The summed E-state index contributed by atoms with van der Waals surface area (Å²) in [6, 6.07) is -0.163. The number of piperidine rings is 1. The van der Waals surface area contributed by atoms with Crippen molar-refractivity contribution in [1.82, 2.24) is 4.90 Å². The first-order valence-corrected chi connectivity index (χ1v) is 7.60. The predicted molar refractivity (Wildman–Crippen MR) is 75.7 cm³/mol. The van der Waals surface area contributed by atoms with Crippen LogP contribution in [-0.2, 0) is 9.53 Å². The normalized spacial score (nSPS) is 34.5. The summed E-state index contributed by atoms with van der Waals surface area (Å²) < 4.78 is 5.40. The fourth-order valence-electron chi connectivity index (χ4n) is 3.41. The van der Waals surface area contributed by atoms with Crippen molar-refractivity contribution in [1.29, 1.82) is 0 Å². The third-order valence-corrected chi connectivity index (χ3v) is 5.62. The van der Waals surface area contributed by atoms with E-state index >= 15 is 0 Å². The first-order chi connectivity index (χ1) is 8.97. The van der Waals surface area contributed by atoms with Gasteiger partial charge < -0.3 is 15.4 Å². The minimum Gasteiger partial charge on any atom is -0.379 e. The number of rotatable bonds is 3. The maximum Gasteiger partial charge on any atom is 0.232 e. The largest absolute Gasteiger partial charge is 0.379 e. The van der Waals surface area contributed by atoms with Crippen molar-refractivity contribution in [2.75, 3.05) is 26.3 Å². The zero-order valence-electron chi connectivity index (χ0n) is 12.6. The molecule has 2 saturated heterocycles. The summed E-state index contributed by atoms with van der Waals surface area (Å²) in [4.78, 5) is 14.7. The standard InChI is InChI=1S/C15H28N2O2/c1-4-15(5-2)6-8-17(9-7-15)13(18)14(3)11-19-10-12(14)16/h12H,4-11,16H2,1-3H3. The highest BCUT2D eigenvalue weighted by atomic mass is 16.5. The first-order valence-electron chi connectivity index (χ1n) is 7.60. The van der Waals surface area contributed by atoms with Gasteiger partial charge in [0.25, 0.3) is 0 Å². The van der Waals surface area contributed by atoms with Gasteiger partial charge in [0.1, 0.15) is 0 Å².